The Hall–Kier alpha value is -2.84. The molecular formula is C19H20N4O3S. The van der Waals surface area contributed by atoms with Crippen molar-refractivity contribution in [2.24, 2.45) is 0 Å². The summed E-state index contributed by atoms with van der Waals surface area (Å²) in [4.78, 5) is 34.2. The maximum absolute atomic E-state index is 12.8. The van der Waals surface area contributed by atoms with Crippen molar-refractivity contribution in [1.82, 2.24) is 14.5 Å². The van der Waals surface area contributed by atoms with E-state index in [9.17, 15) is 9.59 Å². The first kappa shape index (κ1) is 18.9. The highest BCUT2D eigenvalue weighted by Gasteiger charge is 2.19. The summed E-state index contributed by atoms with van der Waals surface area (Å²) in [6.45, 7) is 4.38. The lowest BCUT2D eigenvalue weighted by Crippen LogP contribution is -2.32. The number of anilines is 1. The standard InChI is InChI=1S/C19H20N4O3S/c1-12-10-13(2)23(8-9-26-3)18(25)16(12)17(24)22-19-21-15(11-27-19)14-6-4-5-7-20-14/h4-7,10-11H,8-9H2,1-3H3,(H,21,22,24). The number of aryl methyl sites for hydroxylation is 2. The summed E-state index contributed by atoms with van der Waals surface area (Å²) in [5.74, 6) is -0.467. The first-order valence-corrected chi connectivity index (χ1v) is 9.27. The molecule has 0 unspecified atom stereocenters. The minimum Gasteiger partial charge on any atom is -0.383 e. The van der Waals surface area contributed by atoms with Crippen LogP contribution in [0, 0.1) is 13.8 Å². The Morgan fingerprint density at radius 1 is 1.30 bits per heavy atom. The number of hydrogen-bond donors (Lipinski definition) is 1. The predicted octanol–water partition coefficient (Wildman–Crippen LogP) is 2.88. The van der Waals surface area contributed by atoms with E-state index in [-0.39, 0.29) is 11.1 Å². The highest BCUT2D eigenvalue weighted by molar-refractivity contribution is 7.14. The van der Waals surface area contributed by atoms with E-state index < -0.39 is 5.91 Å². The molecule has 7 nitrogen and oxygen atoms in total. The molecule has 0 aliphatic rings. The molecule has 0 bridgehead atoms. The number of nitrogens with zero attached hydrogens (tertiary/aromatic N) is 3. The smallest absolute Gasteiger partial charge is 0.263 e. The number of pyridine rings is 2. The van der Waals surface area contributed by atoms with Crippen molar-refractivity contribution >= 4 is 22.4 Å². The summed E-state index contributed by atoms with van der Waals surface area (Å²) in [5.41, 5.74) is 2.61. The van der Waals surface area contributed by atoms with Crippen molar-refractivity contribution < 1.29 is 9.53 Å². The van der Waals surface area contributed by atoms with Crippen molar-refractivity contribution in [2.75, 3.05) is 19.0 Å². The molecule has 0 fully saturated rings. The molecule has 1 N–H and O–H groups in total. The normalized spacial score (nSPS) is 10.8. The van der Waals surface area contributed by atoms with Gasteiger partial charge in [0, 0.05) is 30.9 Å². The lowest BCUT2D eigenvalue weighted by Gasteiger charge is -2.13. The fourth-order valence-corrected chi connectivity index (χ4v) is 3.49. The van der Waals surface area contributed by atoms with Gasteiger partial charge >= 0.3 is 0 Å². The quantitative estimate of drug-likeness (QED) is 0.706. The number of rotatable bonds is 6. The Kier molecular flexibility index (Phi) is 5.78. The van der Waals surface area contributed by atoms with Crippen LogP contribution in [-0.4, -0.2) is 34.2 Å². The molecule has 0 aliphatic carbocycles. The number of aromatic nitrogens is 3. The Labute approximate surface area is 160 Å². The van der Waals surface area contributed by atoms with Crippen molar-refractivity contribution in [2.45, 2.75) is 20.4 Å². The zero-order chi connectivity index (χ0) is 19.4. The molecule has 0 aromatic carbocycles. The first-order chi connectivity index (χ1) is 13.0. The van der Waals surface area contributed by atoms with Crippen molar-refractivity contribution in [1.29, 1.82) is 0 Å². The number of thiazole rings is 1. The Morgan fingerprint density at radius 3 is 2.81 bits per heavy atom. The SMILES string of the molecule is COCCn1c(C)cc(C)c(C(=O)Nc2nc(-c3ccccn3)cs2)c1=O. The molecule has 0 spiro atoms. The van der Waals surface area contributed by atoms with E-state index in [1.807, 2.05) is 36.6 Å². The lowest BCUT2D eigenvalue weighted by molar-refractivity contribution is 0.102. The average Bonchev–Trinajstić information content (AvgIpc) is 3.10. The van der Waals surface area contributed by atoms with E-state index in [0.29, 0.717) is 29.5 Å². The van der Waals surface area contributed by atoms with Crippen LogP contribution in [0.15, 0.2) is 40.6 Å². The van der Waals surface area contributed by atoms with Crippen molar-refractivity contribution in [3.63, 3.8) is 0 Å². The molecule has 0 atom stereocenters. The van der Waals surface area contributed by atoms with Crippen molar-refractivity contribution in [3.8, 4) is 11.4 Å². The summed E-state index contributed by atoms with van der Waals surface area (Å²) in [5, 5.41) is 4.97. The molecule has 0 radical (unpaired) electrons. The van der Waals surface area contributed by atoms with Crippen LogP contribution in [0.2, 0.25) is 0 Å². The van der Waals surface area contributed by atoms with Gasteiger partial charge in [-0.15, -0.1) is 11.3 Å². The molecule has 27 heavy (non-hydrogen) atoms. The van der Waals surface area contributed by atoms with Gasteiger partial charge in [0.05, 0.1) is 12.3 Å². The van der Waals surface area contributed by atoms with Gasteiger partial charge in [0.25, 0.3) is 11.5 Å². The maximum atomic E-state index is 12.8. The van der Waals surface area contributed by atoms with Gasteiger partial charge in [0.1, 0.15) is 11.3 Å². The topological polar surface area (TPSA) is 86.1 Å². The number of amides is 1. The van der Waals surface area contributed by atoms with Gasteiger partial charge in [-0.25, -0.2) is 4.98 Å². The van der Waals surface area contributed by atoms with Gasteiger partial charge in [-0.1, -0.05) is 6.07 Å². The number of carbonyl (C=O) groups is 1. The van der Waals surface area contributed by atoms with Crippen LogP contribution in [-0.2, 0) is 11.3 Å². The molecule has 3 heterocycles. The molecule has 140 valence electrons. The second-order valence-corrected chi connectivity index (χ2v) is 6.86. The monoisotopic (exact) mass is 384 g/mol. The predicted molar refractivity (Wildman–Crippen MR) is 105 cm³/mol. The van der Waals surface area contributed by atoms with Crippen LogP contribution in [0.5, 0.6) is 0 Å². The van der Waals surface area contributed by atoms with E-state index in [2.05, 4.69) is 15.3 Å². The molecule has 0 saturated heterocycles. The molecule has 0 saturated carbocycles. The highest BCUT2D eigenvalue weighted by Crippen LogP contribution is 2.23. The van der Waals surface area contributed by atoms with Crippen LogP contribution < -0.4 is 10.9 Å². The van der Waals surface area contributed by atoms with Gasteiger partial charge in [-0.3, -0.25) is 19.9 Å². The molecular weight excluding hydrogens is 364 g/mol. The lowest BCUT2D eigenvalue weighted by atomic mass is 10.1. The Morgan fingerprint density at radius 2 is 2.11 bits per heavy atom. The van der Waals surface area contributed by atoms with Crippen LogP contribution in [0.25, 0.3) is 11.4 Å². The second kappa shape index (κ2) is 8.24. The summed E-state index contributed by atoms with van der Waals surface area (Å²) >= 11 is 1.29. The third kappa shape index (κ3) is 4.12. The van der Waals surface area contributed by atoms with E-state index in [1.165, 1.54) is 11.3 Å². The third-order valence-corrected chi connectivity index (χ3v) is 4.86. The molecule has 3 rings (SSSR count). The van der Waals surface area contributed by atoms with Gasteiger partial charge in [-0.05, 0) is 37.6 Å². The summed E-state index contributed by atoms with van der Waals surface area (Å²) in [7, 11) is 1.57. The zero-order valence-electron chi connectivity index (χ0n) is 15.4. The molecule has 8 heteroatoms. The largest absolute Gasteiger partial charge is 0.383 e. The van der Waals surface area contributed by atoms with E-state index >= 15 is 0 Å². The van der Waals surface area contributed by atoms with E-state index in [0.717, 1.165) is 11.4 Å². The minimum absolute atomic E-state index is 0.117. The second-order valence-electron chi connectivity index (χ2n) is 6.00. The number of nitrogens with one attached hydrogen (secondary N) is 1. The highest BCUT2D eigenvalue weighted by atomic mass is 32.1. The fraction of sp³-hybridized carbons (Fsp3) is 0.263. The van der Waals surface area contributed by atoms with Gasteiger partial charge in [-0.2, -0.15) is 0 Å². The van der Waals surface area contributed by atoms with Gasteiger partial charge in [0.2, 0.25) is 0 Å². The van der Waals surface area contributed by atoms with Crippen LogP contribution in [0.4, 0.5) is 5.13 Å². The summed E-state index contributed by atoms with van der Waals surface area (Å²) in [6.07, 6.45) is 1.69. The number of hydrogen-bond acceptors (Lipinski definition) is 6. The van der Waals surface area contributed by atoms with E-state index in [1.54, 1.807) is 24.8 Å². The molecule has 3 aromatic heterocycles. The number of carbonyl (C=O) groups excluding carboxylic acids is 1. The number of methoxy groups -OCH3 is 1. The average molecular weight is 384 g/mol. The van der Waals surface area contributed by atoms with Gasteiger partial charge < -0.3 is 9.30 Å². The van der Waals surface area contributed by atoms with Gasteiger partial charge in [0.15, 0.2) is 5.13 Å². The zero-order valence-corrected chi connectivity index (χ0v) is 16.2. The fourth-order valence-electron chi connectivity index (χ4n) is 2.79. The summed E-state index contributed by atoms with van der Waals surface area (Å²) < 4.78 is 6.60. The van der Waals surface area contributed by atoms with E-state index in [4.69, 9.17) is 4.74 Å². The molecule has 0 aliphatic heterocycles. The minimum atomic E-state index is -0.467. The first-order valence-electron chi connectivity index (χ1n) is 8.39. The van der Waals surface area contributed by atoms with Crippen molar-refractivity contribution in [3.05, 3.63) is 63.0 Å². The number of ether oxygens (including phenoxy) is 1. The third-order valence-electron chi connectivity index (χ3n) is 4.10. The Balaban J connectivity index is 1.87. The van der Waals surface area contributed by atoms with Crippen LogP contribution >= 0.6 is 11.3 Å². The molecule has 3 aromatic rings. The Bertz CT molecular complexity index is 1010. The summed E-state index contributed by atoms with van der Waals surface area (Å²) in [6, 6.07) is 7.37. The molecule has 1 amide bonds. The maximum Gasteiger partial charge on any atom is 0.263 e. The van der Waals surface area contributed by atoms with Crippen LogP contribution in [0.3, 0.4) is 0 Å². The van der Waals surface area contributed by atoms with Crippen LogP contribution in [0.1, 0.15) is 21.6 Å².